The number of benzene rings is 1. The number of hydrogen-bond donors (Lipinski definition) is 0. The highest BCUT2D eigenvalue weighted by molar-refractivity contribution is 6.05. The van der Waals surface area contributed by atoms with Gasteiger partial charge < -0.3 is 9.64 Å². The minimum Gasteiger partial charge on any atom is -0.455 e. The Labute approximate surface area is 169 Å². The van der Waals surface area contributed by atoms with Crippen LogP contribution in [0, 0.1) is 11.8 Å². The Kier molecular flexibility index (Phi) is 5.47. The lowest BCUT2D eigenvalue weighted by atomic mass is 9.85. The molecular weight excluding hydrogens is 372 g/mol. The molecule has 1 aromatic carbocycles. The van der Waals surface area contributed by atoms with E-state index in [2.05, 4.69) is 0 Å². The van der Waals surface area contributed by atoms with Gasteiger partial charge in [-0.1, -0.05) is 30.4 Å². The van der Waals surface area contributed by atoms with Gasteiger partial charge in [0, 0.05) is 18.8 Å². The molecule has 0 unspecified atom stereocenters. The van der Waals surface area contributed by atoms with Gasteiger partial charge in [-0.3, -0.25) is 24.1 Å². The summed E-state index contributed by atoms with van der Waals surface area (Å²) in [6.45, 7) is 0.259. The van der Waals surface area contributed by atoms with E-state index < -0.39 is 5.97 Å². The van der Waals surface area contributed by atoms with Gasteiger partial charge in [0.05, 0.1) is 18.3 Å². The van der Waals surface area contributed by atoms with Gasteiger partial charge in [-0.2, -0.15) is 0 Å². The van der Waals surface area contributed by atoms with E-state index in [1.807, 2.05) is 36.4 Å². The van der Waals surface area contributed by atoms with E-state index in [0.29, 0.717) is 19.4 Å². The van der Waals surface area contributed by atoms with Gasteiger partial charge >= 0.3 is 5.97 Å². The Hall–Kier alpha value is -2.96. The van der Waals surface area contributed by atoms with E-state index in [9.17, 15) is 19.2 Å². The average Bonchev–Trinajstić information content (AvgIpc) is 3.00. The molecule has 2 atom stereocenters. The number of imide groups is 1. The third kappa shape index (κ3) is 3.81. The summed E-state index contributed by atoms with van der Waals surface area (Å²) in [6, 6.07) is 7.72. The van der Waals surface area contributed by atoms with Crippen LogP contribution in [-0.2, 0) is 30.3 Å². The molecule has 0 aromatic heterocycles. The molecule has 0 radical (unpaired) electrons. The fourth-order valence-corrected chi connectivity index (χ4v) is 4.38. The maximum absolute atomic E-state index is 12.5. The predicted molar refractivity (Wildman–Crippen MR) is 105 cm³/mol. The zero-order valence-electron chi connectivity index (χ0n) is 16.2. The van der Waals surface area contributed by atoms with Crippen molar-refractivity contribution in [2.75, 3.05) is 24.6 Å². The van der Waals surface area contributed by atoms with Gasteiger partial charge in [0.2, 0.25) is 11.8 Å². The molecule has 1 saturated heterocycles. The lowest BCUT2D eigenvalue weighted by Crippen LogP contribution is -2.38. The summed E-state index contributed by atoms with van der Waals surface area (Å²) in [5.74, 6) is -1.88. The second-order valence-corrected chi connectivity index (χ2v) is 7.67. The van der Waals surface area contributed by atoms with Crippen molar-refractivity contribution in [3.63, 3.8) is 0 Å². The number of aryl methyl sites for hydroxylation is 1. The summed E-state index contributed by atoms with van der Waals surface area (Å²) >= 11 is 0. The molecule has 0 N–H and O–H groups in total. The maximum atomic E-state index is 12.5. The van der Waals surface area contributed by atoms with Crippen molar-refractivity contribution >= 4 is 29.4 Å². The molecule has 152 valence electrons. The zero-order chi connectivity index (χ0) is 20.4. The van der Waals surface area contributed by atoms with E-state index >= 15 is 0 Å². The Morgan fingerprint density at radius 2 is 1.72 bits per heavy atom. The Morgan fingerprint density at radius 1 is 1.03 bits per heavy atom. The molecule has 7 heteroatoms. The standard InChI is InChI=1S/C22H24N2O5/c25-19(23-12-5-7-15-6-1-4-10-18(15)23)14-29-20(26)11-13-24-21(27)16-8-2-3-9-17(16)22(24)28/h1-4,6,10,16-17H,5,7-9,11-14H2/t16-,17-/m0/s1. The number of fused-ring (bicyclic) bond motifs is 2. The van der Waals surface area contributed by atoms with Crippen LogP contribution in [0.25, 0.3) is 0 Å². The molecule has 1 fully saturated rings. The number of esters is 1. The monoisotopic (exact) mass is 396 g/mol. The maximum Gasteiger partial charge on any atom is 0.308 e. The van der Waals surface area contributed by atoms with Crippen LogP contribution in [0.1, 0.15) is 31.2 Å². The number of ether oxygens (including phenoxy) is 1. The topological polar surface area (TPSA) is 84.0 Å². The largest absolute Gasteiger partial charge is 0.455 e. The summed E-state index contributed by atoms with van der Waals surface area (Å²) in [5, 5.41) is 0. The van der Waals surface area contributed by atoms with Gasteiger partial charge in [0.15, 0.2) is 6.61 Å². The highest BCUT2D eigenvalue weighted by Crippen LogP contribution is 2.35. The second-order valence-electron chi connectivity index (χ2n) is 7.67. The SMILES string of the molecule is O=C(CCN1C(=O)[C@H]2CC=CC[C@@H]2C1=O)OCC(=O)N1CCCc2ccccc21. The molecule has 1 aliphatic carbocycles. The molecule has 2 aliphatic heterocycles. The minimum atomic E-state index is -0.586. The van der Waals surface area contributed by atoms with E-state index in [-0.39, 0.29) is 49.1 Å². The van der Waals surface area contributed by atoms with Crippen molar-refractivity contribution in [2.24, 2.45) is 11.8 Å². The number of hydrogen-bond acceptors (Lipinski definition) is 5. The lowest BCUT2D eigenvalue weighted by Gasteiger charge is -2.29. The fourth-order valence-electron chi connectivity index (χ4n) is 4.38. The number of carbonyl (C=O) groups excluding carboxylic acids is 4. The third-order valence-electron chi connectivity index (χ3n) is 5.91. The van der Waals surface area contributed by atoms with Crippen molar-refractivity contribution in [3.8, 4) is 0 Å². The molecule has 4 rings (SSSR count). The third-order valence-corrected chi connectivity index (χ3v) is 5.91. The molecule has 3 aliphatic rings. The molecule has 1 aromatic rings. The summed E-state index contributed by atoms with van der Waals surface area (Å²) in [5.41, 5.74) is 1.98. The number of likely N-dealkylation sites (tertiary alicyclic amines) is 1. The summed E-state index contributed by atoms with van der Waals surface area (Å²) in [6.07, 6.45) is 6.68. The van der Waals surface area contributed by atoms with Crippen molar-refractivity contribution < 1.29 is 23.9 Å². The molecule has 7 nitrogen and oxygen atoms in total. The average molecular weight is 396 g/mol. The van der Waals surface area contributed by atoms with Gasteiger partial charge in [-0.15, -0.1) is 0 Å². The quantitative estimate of drug-likeness (QED) is 0.431. The van der Waals surface area contributed by atoms with Crippen molar-refractivity contribution in [2.45, 2.75) is 32.1 Å². The van der Waals surface area contributed by atoms with Crippen LogP contribution in [-0.4, -0.2) is 48.3 Å². The van der Waals surface area contributed by atoms with Gasteiger partial charge in [0.1, 0.15) is 0 Å². The van der Waals surface area contributed by atoms with Crippen LogP contribution in [0.5, 0.6) is 0 Å². The summed E-state index contributed by atoms with van der Waals surface area (Å²) in [7, 11) is 0. The van der Waals surface area contributed by atoms with E-state index in [1.165, 1.54) is 4.90 Å². The Bertz CT molecular complexity index is 852. The Morgan fingerprint density at radius 3 is 2.45 bits per heavy atom. The van der Waals surface area contributed by atoms with Crippen LogP contribution in [0.15, 0.2) is 36.4 Å². The number of rotatable bonds is 5. The Balaban J connectivity index is 1.27. The van der Waals surface area contributed by atoms with Crippen LogP contribution in [0.3, 0.4) is 0 Å². The predicted octanol–water partition coefficient (Wildman–Crippen LogP) is 1.85. The first kappa shape index (κ1) is 19.4. The minimum absolute atomic E-state index is 0.00420. The van der Waals surface area contributed by atoms with Crippen LogP contribution in [0.2, 0.25) is 0 Å². The normalized spacial score (nSPS) is 23.0. The molecule has 0 bridgehead atoms. The molecule has 0 spiro atoms. The van der Waals surface area contributed by atoms with Gasteiger partial charge in [-0.25, -0.2) is 0 Å². The number of para-hydroxylation sites is 1. The highest BCUT2D eigenvalue weighted by Gasteiger charge is 2.46. The summed E-state index contributed by atoms with van der Waals surface area (Å²) < 4.78 is 5.13. The van der Waals surface area contributed by atoms with E-state index in [4.69, 9.17) is 4.74 Å². The van der Waals surface area contributed by atoms with Crippen molar-refractivity contribution in [1.29, 1.82) is 0 Å². The number of nitrogens with zero attached hydrogens (tertiary/aromatic N) is 2. The first-order valence-electron chi connectivity index (χ1n) is 10.1. The second kappa shape index (κ2) is 8.19. The molecular formula is C22H24N2O5. The van der Waals surface area contributed by atoms with E-state index in [1.54, 1.807) is 4.90 Å². The lowest BCUT2D eigenvalue weighted by molar-refractivity contribution is -0.149. The highest BCUT2D eigenvalue weighted by atomic mass is 16.5. The first-order valence-corrected chi connectivity index (χ1v) is 10.1. The van der Waals surface area contributed by atoms with Crippen LogP contribution < -0.4 is 4.90 Å². The number of anilines is 1. The van der Waals surface area contributed by atoms with E-state index in [0.717, 1.165) is 24.1 Å². The van der Waals surface area contributed by atoms with Gasteiger partial charge in [-0.05, 0) is 37.3 Å². The molecule has 2 heterocycles. The summed E-state index contributed by atoms with van der Waals surface area (Å²) in [4.78, 5) is 52.3. The number of amides is 3. The number of carbonyl (C=O) groups is 4. The molecule has 0 saturated carbocycles. The zero-order valence-corrected chi connectivity index (χ0v) is 16.2. The van der Waals surface area contributed by atoms with Crippen molar-refractivity contribution in [3.05, 3.63) is 42.0 Å². The first-order chi connectivity index (χ1) is 14.1. The fraction of sp³-hybridized carbons (Fsp3) is 0.455. The van der Waals surface area contributed by atoms with Crippen molar-refractivity contribution in [1.82, 2.24) is 4.90 Å². The van der Waals surface area contributed by atoms with Gasteiger partial charge in [0.25, 0.3) is 5.91 Å². The molecule has 29 heavy (non-hydrogen) atoms. The molecule has 3 amide bonds. The smallest absolute Gasteiger partial charge is 0.308 e. The van der Waals surface area contributed by atoms with Crippen LogP contribution >= 0.6 is 0 Å². The number of allylic oxidation sites excluding steroid dienone is 2. The van der Waals surface area contributed by atoms with Crippen LogP contribution in [0.4, 0.5) is 5.69 Å².